The van der Waals surface area contributed by atoms with Crippen molar-refractivity contribution in [1.29, 1.82) is 0 Å². The average molecular weight is 446 g/mol. The van der Waals surface area contributed by atoms with E-state index >= 15 is 0 Å². The van der Waals surface area contributed by atoms with E-state index in [0.717, 1.165) is 0 Å². The van der Waals surface area contributed by atoms with Crippen LogP contribution in [0, 0.1) is 0 Å². The largest absolute Gasteiger partial charge is 0.490 e. The van der Waals surface area contributed by atoms with Gasteiger partial charge in [-0.1, -0.05) is 17.7 Å². The zero-order chi connectivity index (χ0) is 22.1. The Kier molecular flexibility index (Phi) is 8.26. The van der Waals surface area contributed by atoms with Crippen LogP contribution in [0.5, 0.6) is 11.5 Å². The number of morpholine rings is 1. The van der Waals surface area contributed by atoms with Gasteiger partial charge in [0.15, 0.2) is 18.1 Å². The summed E-state index contributed by atoms with van der Waals surface area (Å²) in [7, 11) is 0. The van der Waals surface area contributed by atoms with Crippen molar-refractivity contribution in [3.63, 3.8) is 0 Å². The Morgan fingerprint density at radius 3 is 2.71 bits per heavy atom. The molecular weight excluding hydrogens is 422 g/mol. The smallest absolute Gasteiger partial charge is 0.271 e. The molecule has 0 atom stereocenters. The van der Waals surface area contributed by atoms with Gasteiger partial charge in [0.05, 0.1) is 26.0 Å². The number of benzene rings is 2. The van der Waals surface area contributed by atoms with Gasteiger partial charge in [-0.25, -0.2) is 5.43 Å². The van der Waals surface area contributed by atoms with Gasteiger partial charge in [-0.3, -0.25) is 9.59 Å². The first kappa shape index (κ1) is 22.6. The summed E-state index contributed by atoms with van der Waals surface area (Å²) in [6.45, 7) is 4.42. The highest BCUT2D eigenvalue weighted by Crippen LogP contribution is 2.28. The van der Waals surface area contributed by atoms with Gasteiger partial charge in [-0.15, -0.1) is 0 Å². The Balaban J connectivity index is 1.60. The molecule has 0 aromatic heterocycles. The third kappa shape index (κ3) is 6.70. The molecule has 2 aromatic rings. The van der Waals surface area contributed by atoms with E-state index in [1.165, 1.54) is 6.21 Å². The van der Waals surface area contributed by atoms with Crippen molar-refractivity contribution < 1.29 is 23.8 Å². The number of hydrogen-bond acceptors (Lipinski definition) is 6. The third-order valence-electron chi connectivity index (χ3n) is 4.45. The Labute approximate surface area is 185 Å². The maximum Gasteiger partial charge on any atom is 0.271 e. The van der Waals surface area contributed by atoms with Gasteiger partial charge in [0.25, 0.3) is 11.8 Å². The van der Waals surface area contributed by atoms with Crippen LogP contribution >= 0.6 is 11.6 Å². The predicted octanol–water partition coefficient (Wildman–Crippen LogP) is 2.74. The molecule has 0 bridgehead atoms. The summed E-state index contributed by atoms with van der Waals surface area (Å²) in [5.41, 5.74) is 3.56. The normalized spacial score (nSPS) is 13.8. The fraction of sp³-hybridized carbons (Fsp3) is 0.318. The Morgan fingerprint density at radius 2 is 1.97 bits per heavy atom. The van der Waals surface area contributed by atoms with Crippen LogP contribution in [0.1, 0.15) is 22.8 Å². The van der Waals surface area contributed by atoms with E-state index in [4.69, 9.17) is 25.8 Å². The highest BCUT2D eigenvalue weighted by atomic mass is 35.5. The number of ether oxygens (including phenoxy) is 3. The maximum absolute atomic E-state index is 12.3. The molecule has 1 saturated heterocycles. The van der Waals surface area contributed by atoms with Crippen LogP contribution in [0.15, 0.2) is 47.6 Å². The van der Waals surface area contributed by atoms with Crippen molar-refractivity contribution >= 4 is 29.6 Å². The molecule has 3 rings (SSSR count). The highest BCUT2D eigenvalue weighted by Gasteiger charge is 2.18. The zero-order valence-electron chi connectivity index (χ0n) is 17.2. The second-order valence-electron chi connectivity index (χ2n) is 6.63. The van der Waals surface area contributed by atoms with Crippen LogP contribution in [0.25, 0.3) is 0 Å². The first-order chi connectivity index (χ1) is 15.1. The molecule has 0 aliphatic carbocycles. The average Bonchev–Trinajstić information content (AvgIpc) is 2.79. The van der Waals surface area contributed by atoms with Gasteiger partial charge < -0.3 is 19.1 Å². The monoisotopic (exact) mass is 445 g/mol. The van der Waals surface area contributed by atoms with Crippen LogP contribution in [-0.4, -0.2) is 62.4 Å². The van der Waals surface area contributed by atoms with Crippen LogP contribution in [0.2, 0.25) is 5.02 Å². The number of nitrogens with zero attached hydrogens (tertiary/aromatic N) is 2. The van der Waals surface area contributed by atoms with Crippen LogP contribution in [0.4, 0.5) is 0 Å². The van der Waals surface area contributed by atoms with Crippen molar-refractivity contribution in [2.45, 2.75) is 6.92 Å². The van der Waals surface area contributed by atoms with E-state index in [9.17, 15) is 9.59 Å². The fourth-order valence-corrected chi connectivity index (χ4v) is 3.09. The number of rotatable bonds is 8. The van der Waals surface area contributed by atoms with Gasteiger partial charge >= 0.3 is 0 Å². The molecule has 31 heavy (non-hydrogen) atoms. The molecule has 8 nitrogen and oxygen atoms in total. The summed E-state index contributed by atoms with van der Waals surface area (Å²) in [4.78, 5) is 26.1. The number of halogens is 1. The summed E-state index contributed by atoms with van der Waals surface area (Å²) < 4.78 is 16.6. The summed E-state index contributed by atoms with van der Waals surface area (Å²) >= 11 is 5.90. The van der Waals surface area contributed by atoms with Gasteiger partial charge in [-0.2, -0.15) is 5.10 Å². The lowest BCUT2D eigenvalue weighted by molar-refractivity contribution is -0.137. The minimum Gasteiger partial charge on any atom is -0.490 e. The van der Waals surface area contributed by atoms with Gasteiger partial charge in [0, 0.05) is 23.7 Å². The lowest BCUT2D eigenvalue weighted by Crippen LogP contribution is -2.43. The topological polar surface area (TPSA) is 89.5 Å². The van der Waals surface area contributed by atoms with E-state index < -0.39 is 0 Å². The summed E-state index contributed by atoms with van der Waals surface area (Å²) in [5, 5.41) is 4.45. The van der Waals surface area contributed by atoms with E-state index in [0.29, 0.717) is 60.6 Å². The standard InChI is InChI=1S/C22H24ClN3O5/c1-2-30-20-12-16(14-24-25-22(28)17-4-3-5-18(23)13-17)6-7-19(20)31-15-21(27)26-8-10-29-11-9-26/h3-7,12-14H,2,8-11,15H2,1H3,(H,25,28)/b24-14+. The lowest BCUT2D eigenvalue weighted by Gasteiger charge is -2.26. The molecule has 164 valence electrons. The minimum atomic E-state index is -0.370. The fourth-order valence-electron chi connectivity index (χ4n) is 2.90. The number of amides is 2. The molecule has 2 amide bonds. The lowest BCUT2D eigenvalue weighted by atomic mass is 10.2. The number of nitrogens with one attached hydrogen (secondary N) is 1. The Hall–Kier alpha value is -3.10. The summed E-state index contributed by atoms with van der Waals surface area (Å²) in [6.07, 6.45) is 1.49. The first-order valence-corrected chi connectivity index (χ1v) is 10.3. The Morgan fingerprint density at radius 1 is 1.16 bits per heavy atom. The molecule has 0 radical (unpaired) electrons. The van der Waals surface area contributed by atoms with E-state index in [2.05, 4.69) is 10.5 Å². The molecule has 1 aliphatic heterocycles. The van der Waals surface area contributed by atoms with Crippen molar-refractivity contribution in [3.05, 3.63) is 58.6 Å². The zero-order valence-corrected chi connectivity index (χ0v) is 17.9. The quantitative estimate of drug-likeness (QED) is 0.498. The minimum absolute atomic E-state index is 0.0802. The van der Waals surface area contributed by atoms with Gasteiger partial charge in [0.2, 0.25) is 0 Å². The van der Waals surface area contributed by atoms with Crippen molar-refractivity contribution in [2.24, 2.45) is 5.10 Å². The van der Waals surface area contributed by atoms with Crippen molar-refractivity contribution in [3.8, 4) is 11.5 Å². The number of carbonyl (C=O) groups is 2. The second kappa shape index (κ2) is 11.3. The molecule has 2 aromatic carbocycles. The molecule has 0 spiro atoms. The van der Waals surface area contributed by atoms with Crippen molar-refractivity contribution in [1.82, 2.24) is 10.3 Å². The SMILES string of the molecule is CCOc1cc(/C=N/NC(=O)c2cccc(Cl)c2)ccc1OCC(=O)N1CCOCC1. The van der Waals surface area contributed by atoms with Crippen molar-refractivity contribution in [2.75, 3.05) is 39.5 Å². The van der Waals surface area contributed by atoms with Crippen LogP contribution in [-0.2, 0) is 9.53 Å². The molecule has 1 fully saturated rings. The van der Waals surface area contributed by atoms with E-state index in [-0.39, 0.29) is 18.4 Å². The Bertz CT molecular complexity index is 944. The van der Waals surface area contributed by atoms with E-state index in [1.807, 2.05) is 6.92 Å². The van der Waals surface area contributed by atoms with Crippen LogP contribution < -0.4 is 14.9 Å². The molecule has 1 N–H and O–H groups in total. The molecule has 0 unspecified atom stereocenters. The molecule has 1 aliphatic rings. The van der Waals surface area contributed by atoms with E-state index in [1.54, 1.807) is 47.4 Å². The first-order valence-electron chi connectivity index (χ1n) is 9.91. The molecule has 9 heteroatoms. The maximum atomic E-state index is 12.3. The summed E-state index contributed by atoms with van der Waals surface area (Å²) in [6, 6.07) is 11.8. The number of carbonyl (C=O) groups excluding carboxylic acids is 2. The molecule has 0 saturated carbocycles. The highest BCUT2D eigenvalue weighted by molar-refractivity contribution is 6.30. The molecule has 1 heterocycles. The number of hydrogen-bond donors (Lipinski definition) is 1. The second-order valence-corrected chi connectivity index (χ2v) is 7.07. The molecular formula is C22H24ClN3O5. The predicted molar refractivity (Wildman–Crippen MR) is 117 cm³/mol. The summed E-state index contributed by atoms with van der Waals surface area (Å²) in [5.74, 6) is 0.483. The third-order valence-corrected chi connectivity index (χ3v) is 4.68. The van der Waals surface area contributed by atoms with Crippen LogP contribution in [0.3, 0.4) is 0 Å². The van der Waals surface area contributed by atoms with Gasteiger partial charge in [-0.05, 0) is 48.9 Å². The number of hydrazone groups is 1. The van der Waals surface area contributed by atoms with Gasteiger partial charge in [0.1, 0.15) is 0 Å².